The zero-order valence-corrected chi connectivity index (χ0v) is 12.9. The van der Waals surface area contributed by atoms with Gasteiger partial charge in [-0.2, -0.15) is 0 Å². The van der Waals surface area contributed by atoms with E-state index in [1.54, 1.807) is 17.3 Å². The highest BCUT2D eigenvalue weighted by Gasteiger charge is 2.40. The molecular formula is C16H23N3O2. The maximum Gasteiger partial charge on any atom is 0.246 e. The van der Waals surface area contributed by atoms with Crippen LogP contribution in [-0.2, 0) is 16.1 Å². The van der Waals surface area contributed by atoms with E-state index in [2.05, 4.69) is 10.3 Å². The Morgan fingerprint density at radius 3 is 2.52 bits per heavy atom. The number of nitrogens with one attached hydrogen (secondary N) is 1. The maximum atomic E-state index is 12.7. The second-order valence-corrected chi connectivity index (χ2v) is 5.86. The summed E-state index contributed by atoms with van der Waals surface area (Å²) in [7, 11) is 0. The van der Waals surface area contributed by atoms with Crippen molar-refractivity contribution in [3.8, 4) is 0 Å². The molecule has 1 fully saturated rings. The van der Waals surface area contributed by atoms with Crippen LogP contribution in [0.4, 0.5) is 0 Å². The molecule has 5 heteroatoms. The summed E-state index contributed by atoms with van der Waals surface area (Å²) in [5.41, 5.74) is 0.997. The van der Waals surface area contributed by atoms with E-state index in [4.69, 9.17) is 0 Å². The van der Waals surface area contributed by atoms with Gasteiger partial charge in [-0.1, -0.05) is 27.2 Å². The molecule has 1 aliphatic rings. The Labute approximate surface area is 125 Å². The van der Waals surface area contributed by atoms with Crippen LogP contribution in [0.25, 0.3) is 0 Å². The largest absolute Gasteiger partial charge is 0.342 e. The minimum absolute atomic E-state index is 0.0138. The van der Waals surface area contributed by atoms with Crippen LogP contribution in [0, 0.1) is 5.92 Å². The Morgan fingerprint density at radius 1 is 1.29 bits per heavy atom. The third kappa shape index (κ3) is 3.40. The molecule has 0 spiro atoms. The van der Waals surface area contributed by atoms with E-state index < -0.39 is 6.04 Å². The summed E-state index contributed by atoms with van der Waals surface area (Å²) < 4.78 is 0. The van der Waals surface area contributed by atoms with Crippen molar-refractivity contribution in [1.82, 2.24) is 15.2 Å². The Morgan fingerprint density at radius 2 is 1.95 bits per heavy atom. The van der Waals surface area contributed by atoms with Gasteiger partial charge in [0.05, 0.1) is 0 Å². The number of rotatable bonds is 5. The van der Waals surface area contributed by atoms with E-state index >= 15 is 0 Å². The third-order valence-electron chi connectivity index (χ3n) is 3.86. The lowest BCUT2D eigenvalue weighted by Crippen LogP contribution is -2.64. The average molecular weight is 289 g/mol. The van der Waals surface area contributed by atoms with E-state index in [9.17, 15) is 9.59 Å². The topological polar surface area (TPSA) is 62.3 Å². The van der Waals surface area contributed by atoms with E-state index in [-0.39, 0.29) is 23.8 Å². The van der Waals surface area contributed by atoms with Gasteiger partial charge in [0.1, 0.15) is 12.1 Å². The summed E-state index contributed by atoms with van der Waals surface area (Å²) in [5.74, 6) is 0.0630. The molecular weight excluding hydrogens is 266 g/mol. The van der Waals surface area contributed by atoms with Crippen LogP contribution in [0.5, 0.6) is 0 Å². The molecule has 114 valence electrons. The Bertz CT molecular complexity index is 502. The first-order chi connectivity index (χ1) is 10.0. The fraction of sp³-hybridized carbons (Fsp3) is 0.562. The molecule has 2 amide bonds. The fourth-order valence-corrected chi connectivity index (χ4v) is 2.67. The molecule has 1 saturated heterocycles. The van der Waals surface area contributed by atoms with Crippen LogP contribution in [0.2, 0.25) is 0 Å². The van der Waals surface area contributed by atoms with Crippen molar-refractivity contribution in [2.45, 2.75) is 52.2 Å². The Kier molecular flexibility index (Phi) is 4.94. The number of nitrogens with zero attached hydrogens (tertiary/aromatic N) is 2. The summed E-state index contributed by atoms with van der Waals surface area (Å²) in [6.45, 7) is 6.39. The number of piperazine rings is 1. The van der Waals surface area contributed by atoms with E-state index in [0.29, 0.717) is 13.0 Å². The summed E-state index contributed by atoms with van der Waals surface area (Å²) in [4.78, 5) is 30.7. The summed E-state index contributed by atoms with van der Waals surface area (Å²) >= 11 is 0. The van der Waals surface area contributed by atoms with E-state index in [1.807, 2.05) is 32.9 Å². The minimum atomic E-state index is -0.424. The molecule has 2 heterocycles. The van der Waals surface area contributed by atoms with Gasteiger partial charge in [0.15, 0.2) is 0 Å². The minimum Gasteiger partial charge on any atom is -0.342 e. The van der Waals surface area contributed by atoms with Crippen LogP contribution in [0.3, 0.4) is 0 Å². The second kappa shape index (κ2) is 6.70. The van der Waals surface area contributed by atoms with Crippen molar-refractivity contribution in [3.05, 3.63) is 30.1 Å². The molecule has 21 heavy (non-hydrogen) atoms. The van der Waals surface area contributed by atoms with Gasteiger partial charge >= 0.3 is 0 Å². The molecule has 2 rings (SSSR count). The lowest BCUT2D eigenvalue weighted by molar-refractivity contribution is -0.151. The molecule has 1 N–H and O–H groups in total. The van der Waals surface area contributed by atoms with Gasteiger partial charge in [-0.25, -0.2) is 0 Å². The smallest absolute Gasteiger partial charge is 0.246 e. The molecule has 2 atom stereocenters. The highest BCUT2D eigenvalue weighted by Crippen LogP contribution is 2.21. The predicted molar refractivity (Wildman–Crippen MR) is 80.3 cm³/mol. The zero-order valence-electron chi connectivity index (χ0n) is 12.9. The molecule has 0 bridgehead atoms. The lowest BCUT2D eigenvalue weighted by Gasteiger charge is -2.40. The second-order valence-electron chi connectivity index (χ2n) is 5.86. The first kappa shape index (κ1) is 15.5. The molecule has 0 aliphatic carbocycles. The lowest BCUT2D eigenvalue weighted by atomic mass is 9.95. The van der Waals surface area contributed by atoms with Crippen LogP contribution in [-0.4, -0.2) is 33.8 Å². The molecule has 0 aromatic carbocycles. The van der Waals surface area contributed by atoms with Crippen molar-refractivity contribution < 1.29 is 9.59 Å². The van der Waals surface area contributed by atoms with Gasteiger partial charge in [0.2, 0.25) is 11.8 Å². The van der Waals surface area contributed by atoms with E-state index in [1.165, 1.54) is 0 Å². The fourth-order valence-electron chi connectivity index (χ4n) is 2.67. The summed E-state index contributed by atoms with van der Waals surface area (Å²) in [5, 5.41) is 2.87. The van der Waals surface area contributed by atoms with Crippen molar-refractivity contribution >= 4 is 11.8 Å². The number of hydrogen-bond donors (Lipinski definition) is 1. The standard InChI is InChI=1S/C16H23N3O2/c1-4-5-13-15(20)18-14(11(2)3)16(21)19(13)10-12-6-8-17-9-7-12/h6-9,11,13-14H,4-5,10H2,1-3H3,(H,18,20). The van der Waals surface area contributed by atoms with Crippen LogP contribution < -0.4 is 5.32 Å². The Balaban J connectivity index is 2.25. The van der Waals surface area contributed by atoms with Gasteiger partial charge in [-0.05, 0) is 30.0 Å². The SMILES string of the molecule is CCCC1C(=O)NC(C(C)C)C(=O)N1Cc1ccncc1. The highest BCUT2D eigenvalue weighted by atomic mass is 16.2. The third-order valence-corrected chi connectivity index (χ3v) is 3.86. The average Bonchev–Trinajstić information content (AvgIpc) is 2.47. The van der Waals surface area contributed by atoms with Crippen LogP contribution in [0.1, 0.15) is 39.2 Å². The number of amides is 2. The Hall–Kier alpha value is -1.91. The maximum absolute atomic E-state index is 12.7. The molecule has 1 aromatic rings. The van der Waals surface area contributed by atoms with Gasteiger partial charge in [-0.15, -0.1) is 0 Å². The number of aromatic nitrogens is 1. The summed E-state index contributed by atoms with van der Waals surface area (Å²) in [6, 6.07) is 2.97. The predicted octanol–water partition coefficient (Wildman–Crippen LogP) is 1.73. The summed E-state index contributed by atoms with van der Waals surface area (Å²) in [6.07, 6.45) is 4.97. The molecule has 0 saturated carbocycles. The van der Waals surface area contributed by atoms with Crippen LogP contribution in [0.15, 0.2) is 24.5 Å². The number of carbonyl (C=O) groups excluding carboxylic acids is 2. The van der Waals surface area contributed by atoms with Crippen molar-refractivity contribution in [1.29, 1.82) is 0 Å². The van der Waals surface area contributed by atoms with Gasteiger partial charge in [0.25, 0.3) is 0 Å². The van der Waals surface area contributed by atoms with Crippen LogP contribution >= 0.6 is 0 Å². The van der Waals surface area contributed by atoms with Gasteiger partial charge < -0.3 is 10.2 Å². The number of hydrogen-bond acceptors (Lipinski definition) is 3. The molecule has 5 nitrogen and oxygen atoms in total. The normalized spacial score (nSPS) is 22.6. The van der Waals surface area contributed by atoms with E-state index in [0.717, 1.165) is 12.0 Å². The molecule has 1 aromatic heterocycles. The quantitative estimate of drug-likeness (QED) is 0.898. The van der Waals surface area contributed by atoms with Gasteiger partial charge in [-0.3, -0.25) is 14.6 Å². The molecule has 0 radical (unpaired) electrons. The number of carbonyl (C=O) groups is 2. The number of pyridine rings is 1. The zero-order chi connectivity index (χ0) is 15.4. The van der Waals surface area contributed by atoms with Crippen molar-refractivity contribution in [3.63, 3.8) is 0 Å². The monoisotopic (exact) mass is 289 g/mol. The molecule has 1 aliphatic heterocycles. The molecule has 2 unspecified atom stereocenters. The highest BCUT2D eigenvalue weighted by molar-refractivity contribution is 5.97. The first-order valence-corrected chi connectivity index (χ1v) is 7.54. The first-order valence-electron chi connectivity index (χ1n) is 7.54. The van der Waals surface area contributed by atoms with Crippen molar-refractivity contribution in [2.24, 2.45) is 5.92 Å². The van der Waals surface area contributed by atoms with Gasteiger partial charge in [0, 0.05) is 18.9 Å². The van der Waals surface area contributed by atoms with Crippen molar-refractivity contribution in [2.75, 3.05) is 0 Å².